The van der Waals surface area contributed by atoms with E-state index in [4.69, 9.17) is 23.7 Å². The first kappa shape index (κ1) is 35.8. The predicted octanol–water partition coefficient (Wildman–Crippen LogP) is -3.89. The number of carbonyl (C=O) groups excluding carboxylic acids is 2. The van der Waals surface area contributed by atoms with Gasteiger partial charge in [-0.3, -0.25) is 9.59 Å². The number of rotatable bonds is 7. The van der Waals surface area contributed by atoms with E-state index in [1.807, 2.05) is 0 Å². The molecule has 0 bridgehead atoms. The molecule has 5 rings (SSSR count). The number of aliphatic hydroxyl groups is 11. The van der Waals surface area contributed by atoms with E-state index < -0.39 is 122 Å². The molecular formula is C30H49O16+. The van der Waals surface area contributed by atoms with Gasteiger partial charge in [0.2, 0.25) is 0 Å². The summed E-state index contributed by atoms with van der Waals surface area (Å²) in [6.45, 7) is 0.695. The van der Waals surface area contributed by atoms with Crippen LogP contribution in [0.4, 0.5) is 0 Å². The third-order valence-electron chi connectivity index (χ3n) is 10.4. The minimum Gasteiger partial charge on any atom is -0.463 e. The number of fused-ring (bicyclic) bond motifs is 1. The number of esters is 2. The number of hydrogen-bond acceptors (Lipinski definition) is 15. The second-order valence-corrected chi connectivity index (χ2v) is 13.7. The van der Waals surface area contributed by atoms with Crippen LogP contribution in [0.1, 0.15) is 58.3 Å². The Balaban J connectivity index is 1.40. The van der Waals surface area contributed by atoms with Gasteiger partial charge in [-0.1, -0.05) is 0 Å². The zero-order valence-corrected chi connectivity index (χ0v) is 25.7. The summed E-state index contributed by atoms with van der Waals surface area (Å²) >= 11 is 0. The average Bonchev–Trinajstić information content (AvgIpc) is 2.99. The first-order valence-electron chi connectivity index (χ1n) is 16.2. The van der Waals surface area contributed by atoms with E-state index in [0.29, 0.717) is 19.3 Å². The Kier molecular flexibility index (Phi) is 11.6. The summed E-state index contributed by atoms with van der Waals surface area (Å²) in [5.41, 5.74) is 0. The van der Waals surface area contributed by atoms with Gasteiger partial charge in [-0.25, -0.2) is 0 Å². The number of hydrogen-bond donors (Lipinski definition) is 9. The maximum Gasteiger partial charge on any atom is 0.309 e. The molecule has 0 aromatic carbocycles. The van der Waals surface area contributed by atoms with Gasteiger partial charge in [0, 0.05) is 25.7 Å². The standard InChI is InChI=1S/C30H48O16/c1-11(31)42-10-23-25(39)26(40)28(46-29(41)13-5-19(36)24(38)20(37)6-13)30(45-23)44-22-9-15-17(34)7-14(32)8-21(15)43-27(22)12-2-3-16(33)18(35)4-12/h12-28,30,32-40H,2-10H2,1H3/p+1/t12?,13?,14?,15?,16?,17?,18?,19?,20?,21?,22?,23-,24?,25+,26+,27?,28-,30-/m1/s1. The zero-order valence-electron chi connectivity index (χ0n) is 25.7. The van der Waals surface area contributed by atoms with E-state index in [1.54, 1.807) is 0 Å². The molecule has 16 atom stereocenters. The van der Waals surface area contributed by atoms with Crippen LogP contribution in [0.3, 0.4) is 0 Å². The first-order valence-corrected chi connectivity index (χ1v) is 16.2. The molecule has 264 valence electrons. The quantitative estimate of drug-likeness (QED) is 0.0930. The van der Waals surface area contributed by atoms with Gasteiger partial charge >= 0.3 is 11.9 Å². The molecule has 3 saturated carbocycles. The van der Waals surface area contributed by atoms with Crippen molar-refractivity contribution in [3.63, 3.8) is 0 Å². The molecule has 3 aliphatic carbocycles. The minimum atomic E-state index is -1.79. The van der Waals surface area contributed by atoms with Gasteiger partial charge in [0.05, 0.1) is 48.5 Å². The molecule has 10 N–H and O–H groups in total. The Morgan fingerprint density at radius 3 is 2.11 bits per heavy atom. The maximum atomic E-state index is 13.3. The van der Waals surface area contributed by atoms with Gasteiger partial charge < -0.3 is 69.6 Å². The third-order valence-corrected chi connectivity index (χ3v) is 10.4. The molecule has 2 aliphatic heterocycles. The Bertz CT molecular complexity index is 1030. The molecule has 0 aromatic heterocycles. The summed E-state index contributed by atoms with van der Waals surface area (Å²) in [7, 11) is 0. The van der Waals surface area contributed by atoms with Gasteiger partial charge in [-0.15, -0.1) is 0 Å². The second kappa shape index (κ2) is 14.9. The fraction of sp³-hybridized carbons (Fsp3) is 0.933. The van der Waals surface area contributed by atoms with Crippen LogP contribution in [0.5, 0.6) is 0 Å². The molecule has 0 aromatic rings. The van der Waals surface area contributed by atoms with Crippen LogP contribution >= 0.6 is 0 Å². The highest BCUT2D eigenvalue weighted by atomic mass is 16.7. The van der Waals surface area contributed by atoms with E-state index in [-0.39, 0.29) is 38.0 Å². The van der Waals surface area contributed by atoms with Crippen LogP contribution in [-0.2, 0) is 28.5 Å². The van der Waals surface area contributed by atoms with E-state index in [2.05, 4.69) is 0 Å². The lowest BCUT2D eigenvalue weighted by atomic mass is 9.72. The van der Waals surface area contributed by atoms with Crippen molar-refractivity contribution in [3.05, 3.63) is 0 Å². The van der Waals surface area contributed by atoms with Crippen LogP contribution in [0, 0.1) is 17.8 Å². The fourth-order valence-corrected chi connectivity index (χ4v) is 7.79. The van der Waals surface area contributed by atoms with Crippen LogP contribution in [0.25, 0.3) is 0 Å². The van der Waals surface area contributed by atoms with Crippen molar-refractivity contribution in [1.29, 1.82) is 0 Å². The van der Waals surface area contributed by atoms with Gasteiger partial charge in [0.15, 0.2) is 24.6 Å². The summed E-state index contributed by atoms with van der Waals surface area (Å²) in [6, 6.07) is 0. The number of aliphatic hydroxyl groups excluding tert-OH is 9. The normalized spacial score (nSPS) is 49.9. The molecule has 0 amide bonds. The molecule has 2 heterocycles. The molecule has 5 fully saturated rings. The molecular weight excluding hydrogens is 616 g/mol. The predicted molar refractivity (Wildman–Crippen MR) is 151 cm³/mol. The Hall–Kier alpha value is -1.54. The molecule has 11 unspecified atom stereocenters. The first-order chi connectivity index (χ1) is 21.7. The minimum absolute atomic E-state index is 0.145. The summed E-state index contributed by atoms with van der Waals surface area (Å²) < 4.78 is 28.0. The van der Waals surface area contributed by atoms with Crippen LogP contribution in [0.15, 0.2) is 0 Å². The molecule has 0 radical (unpaired) electrons. The molecule has 46 heavy (non-hydrogen) atoms. The Labute approximate surface area is 265 Å². The topological polar surface area (TPSA) is 266 Å². The number of ether oxygens (including phenoxy) is 5. The van der Waals surface area contributed by atoms with Crippen molar-refractivity contribution in [3.8, 4) is 0 Å². The van der Waals surface area contributed by atoms with Crippen molar-refractivity contribution >= 4 is 11.9 Å². The van der Waals surface area contributed by atoms with E-state index in [0.717, 1.165) is 6.92 Å². The Morgan fingerprint density at radius 1 is 0.761 bits per heavy atom. The second-order valence-electron chi connectivity index (χ2n) is 13.7. The maximum absolute atomic E-state index is 13.3. The SMILES string of the molecule is CC(=O)OC[C@H]1O[C@@H](OC2CC3C(O)CC(O)CC3[OH+]C2C2CCC(O)C(O)C2)[C@H](OC(=O)C2CC(O)C(O)C(O)C2)[C@@H](O)[C@H]1O. The van der Waals surface area contributed by atoms with Crippen molar-refractivity contribution in [1.82, 2.24) is 0 Å². The lowest BCUT2D eigenvalue weighted by Gasteiger charge is -2.49. The van der Waals surface area contributed by atoms with Gasteiger partial charge in [-0.05, 0) is 38.5 Å². The van der Waals surface area contributed by atoms with Gasteiger partial charge in [0.1, 0.15) is 37.1 Å². The van der Waals surface area contributed by atoms with E-state index in [9.17, 15) is 55.5 Å². The summed E-state index contributed by atoms with van der Waals surface area (Å²) in [5.74, 6) is -3.35. The van der Waals surface area contributed by atoms with E-state index in [1.165, 1.54) is 0 Å². The largest absolute Gasteiger partial charge is 0.463 e. The molecule has 16 nitrogen and oxygen atoms in total. The molecule has 16 heteroatoms. The molecule has 2 saturated heterocycles. The monoisotopic (exact) mass is 665 g/mol. The molecule has 0 spiro atoms. The van der Waals surface area contributed by atoms with Gasteiger partial charge in [-0.2, -0.15) is 0 Å². The fourth-order valence-electron chi connectivity index (χ4n) is 7.79. The van der Waals surface area contributed by atoms with Gasteiger partial charge in [0.25, 0.3) is 0 Å². The summed E-state index contributed by atoms with van der Waals surface area (Å²) in [5, 5.41) is 94.0. The van der Waals surface area contributed by atoms with E-state index >= 15 is 0 Å². The summed E-state index contributed by atoms with van der Waals surface area (Å²) in [4.78, 5) is 24.8. The van der Waals surface area contributed by atoms with Crippen LogP contribution in [0.2, 0.25) is 0 Å². The molecule has 5 aliphatic rings. The lowest BCUT2D eigenvalue weighted by molar-refractivity contribution is -0.357. The van der Waals surface area contributed by atoms with Crippen molar-refractivity contribution < 1.29 is 79.2 Å². The Morgan fingerprint density at radius 2 is 1.46 bits per heavy atom. The van der Waals surface area contributed by atoms with Crippen molar-refractivity contribution in [2.45, 2.75) is 150 Å². The highest BCUT2D eigenvalue weighted by molar-refractivity contribution is 5.73. The summed E-state index contributed by atoms with van der Waals surface area (Å²) in [6.07, 6.45) is -16.3. The van der Waals surface area contributed by atoms with Crippen molar-refractivity contribution in [2.75, 3.05) is 6.61 Å². The van der Waals surface area contributed by atoms with Crippen molar-refractivity contribution in [2.24, 2.45) is 17.8 Å². The third kappa shape index (κ3) is 7.84. The zero-order chi connectivity index (χ0) is 33.4. The lowest BCUT2D eigenvalue weighted by Crippen LogP contribution is -2.64. The smallest absolute Gasteiger partial charge is 0.309 e. The highest BCUT2D eigenvalue weighted by Crippen LogP contribution is 2.42. The van der Waals surface area contributed by atoms with Crippen LogP contribution < -0.4 is 0 Å². The number of carbonyl (C=O) groups is 2. The highest BCUT2D eigenvalue weighted by Gasteiger charge is 2.56. The van der Waals surface area contributed by atoms with Crippen LogP contribution in [-0.4, -0.2) is 161 Å². The average molecular weight is 666 g/mol.